The molecule has 0 bridgehead atoms. The average molecular weight is 324 g/mol. The van der Waals surface area contributed by atoms with E-state index in [4.69, 9.17) is 23.2 Å². The van der Waals surface area contributed by atoms with Gasteiger partial charge in [-0.05, 0) is 26.0 Å². The minimum atomic E-state index is -0.232. The van der Waals surface area contributed by atoms with Crippen molar-refractivity contribution in [3.8, 4) is 0 Å². The normalized spacial score (nSPS) is 14.5. The lowest BCUT2D eigenvalue weighted by Crippen LogP contribution is -2.15. The van der Waals surface area contributed by atoms with Gasteiger partial charge in [-0.1, -0.05) is 17.7 Å². The molecule has 3 rings (SSSR count). The van der Waals surface area contributed by atoms with Gasteiger partial charge < -0.3 is 9.13 Å². The van der Waals surface area contributed by atoms with E-state index in [0.717, 1.165) is 22.7 Å². The van der Waals surface area contributed by atoms with Crippen LogP contribution in [0.1, 0.15) is 36.9 Å². The van der Waals surface area contributed by atoms with E-state index in [9.17, 15) is 0 Å². The molecule has 0 aliphatic heterocycles. The number of aryl methyl sites for hydroxylation is 1. The maximum absolute atomic E-state index is 6.31. The molecule has 0 fully saturated rings. The van der Waals surface area contributed by atoms with E-state index in [-0.39, 0.29) is 11.4 Å². The number of alkyl halides is 1. The highest BCUT2D eigenvalue weighted by Crippen LogP contribution is 2.32. The van der Waals surface area contributed by atoms with Crippen LogP contribution in [0, 0.1) is 0 Å². The molecule has 110 valence electrons. The van der Waals surface area contributed by atoms with Gasteiger partial charge in [0, 0.05) is 7.05 Å². The number of halogens is 2. The fraction of sp³-hybridized carbons (Fsp3) is 0.357. The Morgan fingerprint density at radius 1 is 1.19 bits per heavy atom. The molecule has 3 aromatic rings. The van der Waals surface area contributed by atoms with Gasteiger partial charge in [-0.25, -0.2) is 4.98 Å². The second kappa shape index (κ2) is 5.31. The van der Waals surface area contributed by atoms with Gasteiger partial charge in [0.15, 0.2) is 5.82 Å². The molecule has 21 heavy (non-hydrogen) atoms. The number of para-hydroxylation sites is 1. The zero-order valence-corrected chi connectivity index (χ0v) is 13.5. The number of fused-ring (bicyclic) bond motifs is 1. The standard InChI is InChI=1S/C14H15Cl2N5/c1-8(15)13-18-12-10(16)5-4-6-11(12)21(13)9(2)14-19-17-7-20(14)3/h4-9H,1-3H3. The molecule has 7 heteroatoms. The highest BCUT2D eigenvalue weighted by Gasteiger charge is 2.23. The number of benzene rings is 1. The first-order valence-electron chi connectivity index (χ1n) is 6.65. The molecule has 1 aromatic carbocycles. The molecule has 5 nitrogen and oxygen atoms in total. The third kappa shape index (κ3) is 2.30. The fourth-order valence-corrected chi connectivity index (χ4v) is 2.94. The van der Waals surface area contributed by atoms with Gasteiger partial charge in [0.1, 0.15) is 17.7 Å². The minimum Gasteiger partial charge on any atom is -0.319 e. The minimum absolute atomic E-state index is 0.0443. The lowest BCUT2D eigenvalue weighted by molar-refractivity contribution is 0.563. The van der Waals surface area contributed by atoms with Crippen LogP contribution in [-0.2, 0) is 7.05 Å². The summed E-state index contributed by atoms with van der Waals surface area (Å²) in [5.41, 5.74) is 1.70. The predicted octanol–water partition coefficient (Wildman–Crippen LogP) is 3.73. The maximum Gasteiger partial charge on any atom is 0.155 e. The summed E-state index contributed by atoms with van der Waals surface area (Å²) in [5, 5.41) is 8.52. The second-order valence-corrected chi connectivity index (χ2v) is 6.10. The van der Waals surface area contributed by atoms with Crippen LogP contribution in [0.4, 0.5) is 0 Å². The molecule has 0 spiro atoms. The van der Waals surface area contributed by atoms with Crippen molar-refractivity contribution in [2.75, 3.05) is 0 Å². The molecule has 0 aliphatic carbocycles. The lowest BCUT2D eigenvalue weighted by Gasteiger charge is -2.17. The highest BCUT2D eigenvalue weighted by atomic mass is 35.5. The molecule has 2 aromatic heterocycles. The van der Waals surface area contributed by atoms with Gasteiger partial charge in [-0.15, -0.1) is 21.8 Å². The Labute approximate surface area is 132 Å². The van der Waals surface area contributed by atoms with E-state index in [0.29, 0.717) is 5.02 Å². The molecular formula is C14H15Cl2N5. The van der Waals surface area contributed by atoms with Crippen LogP contribution >= 0.6 is 23.2 Å². The van der Waals surface area contributed by atoms with E-state index in [1.807, 2.05) is 36.7 Å². The molecule has 0 N–H and O–H groups in total. The van der Waals surface area contributed by atoms with E-state index < -0.39 is 0 Å². The number of nitrogens with zero attached hydrogens (tertiary/aromatic N) is 5. The SMILES string of the molecule is CC(Cl)c1nc2c(Cl)cccc2n1C(C)c1nncn1C. The fourth-order valence-electron chi connectivity index (χ4n) is 2.57. The average Bonchev–Trinajstić information content (AvgIpc) is 3.02. The third-order valence-electron chi connectivity index (χ3n) is 3.56. The molecule has 2 unspecified atom stereocenters. The summed E-state index contributed by atoms with van der Waals surface area (Å²) in [6.07, 6.45) is 1.68. The van der Waals surface area contributed by atoms with Crippen molar-refractivity contribution in [3.63, 3.8) is 0 Å². The summed E-state index contributed by atoms with van der Waals surface area (Å²) < 4.78 is 3.96. The zero-order valence-electron chi connectivity index (χ0n) is 12.0. The summed E-state index contributed by atoms with van der Waals surface area (Å²) in [6.45, 7) is 3.95. The quantitative estimate of drug-likeness (QED) is 0.690. The molecule has 0 saturated heterocycles. The highest BCUT2D eigenvalue weighted by molar-refractivity contribution is 6.35. The van der Waals surface area contributed by atoms with Crippen molar-refractivity contribution < 1.29 is 0 Å². The second-order valence-electron chi connectivity index (χ2n) is 5.04. The van der Waals surface area contributed by atoms with Crippen LogP contribution in [0.3, 0.4) is 0 Å². The first-order valence-corrected chi connectivity index (χ1v) is 7.46. The Bertz CT molecular complexity index is 790. The Kier molecular flexibility index (Phi) is 3.63. The van der Waals surface area contributed by atoms with Gasteiger partial charge in [0.2, 0.25) is 0 Å². The van der Waals surface area contributed by atoms with E-state index in [2.05, 4.69) is 26.7 Å². The van der Waals surface area contributed by atoms with Crippen LogP contribution < -0.4 is 0 Å². The van der Waals surface area contributed by atoms with Crippen LogP contribution in [0.25, 0.3) is 11.0 Å². The van der Waals surface area contributed by atoms with Gasteiger partial charge in [0.05, 0.1) is 22.0 Å². The van der Waals surface area contributed by atoms with Gasteiger partial charge in [-0.3, -0.25) is 0 Å². The summed E-state index contributed by atoms with van der Waals surface area (Å²) in [7, 11) is 1.92. The van der Waals surface area contributed by atoms with Gasteiger partial charge in [-0.2, -0.15) is 0 Å². The number of imidazole rings is 1. The summed E-state index contributed by atoms with van der Waals surface area (Å²) in [6, 6.07) is 5.69. The Balaban J connectivity index is 2.27. The Morgan fingerprint density at radius 3 is 2.57 bits per heavy atom. The number of hydrogen-bond donors (Lipinski definition) is 0. The smallest absolute Gasteiger partial charge is 0.155 e. The summed E-state index contributed by atoms with van der Waals surface area (Å²) >= 11 is 12.6. The topological polar surface area (TPSA) is 48.5 Å². The zero-order chi connectivity index (χ0) is 15.1. The largest absolute Gasteiger partial charge is 0.319 e. The van der Waals surface area contributed by atoms with Crippen LogP contribution in [-0.4, -0.2) is 24.3 Å². The predicted molar refractivity (Wildman–Crippen MR) is 83.8 cm³/mol. The van der Waals surface area contributed by atoms with E-state index in [1.165, 1.54) is 0 Å². The number of rotatable bonds is 3. The number of hydrogen-bond acceptors (Lipinski definition) is 3. The van der Waals surface area contributed by atoms with Crippen molar-refractivity contribution in [3.05, 3.63) is 41.2 Å². The molecule has 2 heterocycles. The first kappa shape index (κ1) is 14.4. The third-order valence-corrected chi connectivity index (χ3v) is 4.06. The van der Waals surface area contributed by atoms with Crippen LogP contribution in [0.15, 0.2) is 24.5 Å². The molecule has 2 atom stereocenters. The van der Waals surface area contributed by atoms with E-state index in [1.54, 1.807) is 6.33 Å². The summed E-state index contributed by atoms with van der Waals surface area (Å²) in [4.78, 5) is 4.61. The van der Waals surface area contributed by atoms with Crippen molar-refractivity contribution in [2.24, 2.45) is 7.05 Å². The molecule has 0 saturated carbocycles. The van der Waals surface area contributed by atoms with Gasteiger partial charge >= 0.3 is 0 Å². The van der Waals surface area contributed by atoms with Crippen molar-refractivity contribution >= 4 is 34.2 Å². The van der Waals surface area contributed by atoms with Crippen LogP contribution in [0.2, 0.25) is 5.02 Å². The van der Waals surface area contributed by atoms with E-state index >= 15 is 0 Å². The Morgan fingerprint density at radius 2 is 1.95 bits per heavy atom. The lowest BCUT2D eigenvalue weighted by atomic mass is 10.2. The maximum atomic E-state index is 6.31. The van der Waals surface area contributed by atoms with Crippen molar-refractivity contribution in [1.82, 2.24) is 24.3 Å². The molecule has 0 amide bonds. The summed E-state index contributed by atoms with van der Waals surface area (Å²) in [5.74, 6) is 1.61. The van der Waals surface area contributed by atoms with Crippen LogP contribution in [0.5, 0.6) is 0 Å². The first-order chi connectivity index (χ1) is 10.0. The Hall–Kier alpha value is -1.59. The monoisotopic (exact) mass is 323 g/mol. The molecule has 0 aliphatic rings. The van der Waals surface area contributed by atoms with Gasteiger partial charge in [0.25, 0.3) is 0 Å². The van der Waals surface area contributed by atoms with Crippen molar-refractivity contribution in [1.29, 1.82) is 0 Å². The molecule has 0 radical (unpaired) electrons. The molecular weight excluding hydrogens is 309 g/mol. The number of aromatic nitrogens is 5. The van der Waals surface area contributed by atoms with Crippen molar-refractivity contribution in [2.45, 2.75) is 25.3 Å².